The molecule has 76 valence electrons. The Morgan fingerprint density at radius 2 is 2.50 bits per heavy atom. The normalized spacial score (nSPS) is 22.0. The van der Waals surface area contributed by atoms with Crippen LogP contribution >= 0.6 is 12.6 Å². The largest absolute Gasteiger partial charge is 0.337 e. The zero-order chi connectivity index (χ0) is 10.1. The van der Waals surface area contributed by atoms with E-state index in [1.165, 1.54) is 0 Å². The van der Waals surface area contributed by atoms with Crippen molar-refractivity contribution in [1.29, 1.82) is 0 Å². The lowest BCUT2D eigenvalue weighted by Crippen LogP contribution is -2.24. The lowest BCUT2D eigenvalue weighted by Gasteiger charge is -2.13. The quantitative estimate of drug-likeness (QED) is 0.721. The molecule has 4 nitrogen and oxygen atoms in total. The van der Waals surface area contributed by atoms with E-state index >= 15 is 0 Å². The summed E-state index contributed by atoms with van der Waals surface area (Å²) in [4.78, 5) is 13.3. The van der Waals surface area contributed by atoms with Gasteiger partial charge in [0.05, 0.1) is 6.20 Å². The van der Waals surface area contributed by atoms with Gasteiger partial charge in [0.25, 0.3) is 0 Å². The Morgan fingerprint density at radius 3 is 3.00 bits per heavy atom. The summed E-state index contributed by atoms with van der Waals surface area (Å²) in [5, 5.41) is 4.26. The van der Waals surface area contributed by atoms with E-state index in [0.29, 0.717) is 13.0 Å². The number of rotatable bonds is 2. The van der Waals surface area contributed by atoms with E-state index in [1.807, 2.05) is 18.1 Å². The molecule has 1 aliphatic heterocycles. The fourth-order valence-corrected chi connectivity index (χ4v) is 2.03. The van der Waals surface area contributed by atoms with Crippen LogP contribution in [0.3, 0.4) is 0 Å². The third kappa shape index (κ3) is 1.92. The lowest BCUT2D eigenvalue weighted by atomic mass is 10.3. The molecule has 0 spiro atoms. The van der Waals surface area contributed by atoms with Gasteiger partial charge in [0.15, 0.2) is 0 Å². The van der Waals surface area contributed by atoms with Crippen molar-refractivity contribution < 1.29 is 4.79 Å². The van der Waals surface area contributed by atoms with Crippen LogP contribution in [0.5, 0.6) is 0 Å². The highest BCUT2D eigenvalue weighted by molar-refractivity contribution is 7.81. The monoisotopic (exact) mass is 211 g/mol. The number of hydrogen-bond acceptors (Lipinski definition) is 3. The second-order valence-electron chi connectivity index (χ2n) is 3.65. The van der Waals surface area contributed by atoms with Crippen molar-refractivity contribution in [2.24, 2.45) is 7.05 Å². The molecule has 1 aromatic rings. The van der Waals surface area contributed by atoms with Gasteiger partial charge in [-0.15, -0.1) is 0 Å². The lowest BCUT2D eigenvalue weighted by molar-refractivity contribution is -0.128. The zero-order valence-electron chi connectivity index (χ0n) is 8.05. The summed E-state index contributed by atoms with van der Waals surface area (Å²) in [5.74, 6) is 0.189. The minimum Gasteiger partial charge on any atom is -0.337 e. The number of nitrogens with zero attached hydrogens (tertiary/aromatic N) is 3. The number of likely N-dealkylation sites (tertiary alicyclic amines) is 1. The summed E-state index contributed by atoms with van der Waals surface area (Å²) >= 11 is 4.30. The highest BCUT2D eigenvalue weighted by Gasteiger charge is 2.26. The molecule has 5 heteroatoms. The first-order valence-electron chi connectivity index (χ1n) is 4.58. The summed E-state index contributed by atoms with van der Waals surface area (Å²) in [6.45, 7) is 1.40. The van der Waals surface area contributed by atoms with Crippen molar-refractivity contribution >= 4 is 18.5 Å². The van der Waals surface area contributed by atoms with Gasteiger partial charge >= 0.3 is 0 Å². The Balaban J connectivity index is 2.01. The number of aryl methyl sites for hydroxylation is 1. The van der Waals surface area contributed by atoms with Gasteiger partial charge in [0.2, 0.25) is 5.91 Å². The summed E-state index contributed by atoms with van der Waals surface area (Å²) in [5.41, 5.74) is 1.07. The Morgan fingerprint density at radius 1 is 1.71 bits per heavy atom. The molecule has 0 aliphatic carbocycles. The molecule has 2 heterocycles. The number of carbonyl (C=O) groups excluding carboxylic acids is 1. The minimum atomic E-state index is 0.189. The highest BCUT2D eigenvalue weighted by atomic mass is 32.1. The first-order chi connectivity index (χ1) is 6.65. The van der Waals surface area contributed by atoms with E-state index in [-0.39, 0.29) is 11.2 Å². The highest BCUT2D eigenvalue weighted by Crippen LogP contribution is 2.18. The van der Waals surface area contributed by atoms with Crippen molar-refractivity contribution in [2.75, 3.05) is 6.54 Å². The average Bonchev–Trinajstić information content (AvgIpc) is 2.61. The maximum absolute atomic E-state index is 11.4. The Bertz CT molecular complexity index is 350. The van der Waals surface area contributed by atoms with Crippen LogP contribution in [-0.2, 0) is 18.4 Å². The molecule has 1 aromatic heterocycles. The molecule has 1 aliphatic rings. The Hall–Kier alpha value is -0.970. The molecular formula is C9H13N3OS. The molecule has 1 fully saturated rings. The standard InChI is InChI=1S/C9H13N3OS/c1-11-4-7(3-10-11)5-12-6-8(14)2-9(12)13/h3-4,8,14H,2,5-6H2,1H3. The van der Waals surface area contributed by atoms with Gasteiger partial charge in [-0.3, -0.25) is 9.48 Å². The van der Waals surface area contributed by atoms with E-state index in [9.17, 15) is 4.79 Å². The van der Waals surface area contributed by atoms with Gasteiger partial charge in [-0.25, -0.2) is 0 Å². The molecule has 14 heavy (non-hydrogen) atoms. The average molecular weight is 211 g/mol. The van der Waals surface area contributed by atoms with E-state index in [4.69, 9.17) is 0 Å². The molecule has 1 saturated heterocycles. The fraction of sp³-hybridized carbons (Fsp3) is 0.556. The van der Waals surface area contributed by atoms with Crippen molar-refractivity contribution in [3.63, 3.8) is 0 Å². The fourth-order valence-electron chi connectivity index (χ4n) is 1.68. The van der Waals surface area contributed by atoms with Gasteiger partial charge in [0.1, 0.15) is 0 Å². The Labute approximate surface area is 88.3 Å². The second-order valence-corrected chi connectivity index (χ2v) is 4.38. The molecule has 2 rings (SSSR count). The van der Waals surface area contributed by atoms with E-state index in [1.54, 1.807) is 10.9 Å². The number of hydrogen-bond donors (Lipinski definition) is 1. The third-order valence-corrected chi connectivity index (χ3v) is 2.67. The summed E-state index contributed by atoms with van der Waals surface area (Å²) in [7, 11) is 1.87. The van der Waals surface area contributed by atoms with Crippen LogP contribution in [0.15, 0.2) is 12.4 Å². The van der Waals surface area contributed by atoms with Crippen molar-refractivity contribution in [3.8, 4) is 0 Å². The first kappa shape index (κ1) is 9.58. The van der Waals surface area contributed by atoms with Crippen LogP contribution < -0.4 is 0 Å². The van der Waals surface area contributed by atoms with Gasteiger partial charge in [-0.05, 0) is 0 Å². The predicted molar refractivity (Wildman–Crippen MR) is 56.0 cm³/mol. The number of amides is 1. The summed E-state index contributed by atoms with van der Waals surface area (Å²) in [6.07, 6.45) is 4.28. The van der Waals surface area contributed by atoms with Gasteiger partial charge in [-0.1, -0.05) is 0 Å². The van der Waals surface area contributed by atoms with Crippen LogP contribution in [-0.4, -0.2) is 32.4 Å². The number of aromatic nitrogens is 2. The zero-order valence-corrected chi connectivity index (χ0v) is 8.94. The van der Waals surface area contributed by atoms with Crippen molar-refractivity contribution in [1.82, 2.24) is 14.7 Å². The van der Waals surface area contributed by atoms with Crippen LogP contribution in [0, 0.1) is 0 Å². The van der Waals surface area contributed by atoms with E-state index in [2.05, 4.69) is 17.7 Å². The molecule has 1 amide bonds. The Kier molecular flexibility index (Phi) is 2.50. The molecule has 1 atom stereocenters. The van der Waals surface area contributed by atoms with Gasteiger partial charge in [0, 0.05) is 43.6 Å². The smallest absolute Gasteiger partial charge is 0.224 e. The molecule has 1 unspecified atom stereocenters. The number of carbonyl (C=O) groups is 1. The number of thiol groups is 1. The first-order valence-corrected chi connectivity index (χ1v) is 5.10. The summed E-state index contributed by atoms with van der Waals surface area (Å²) < 4.78 is 1.74. The minimum absolute atomic E-state index is 0.189. The molecule has 0 bridgehead atoms. The molecular weight excluding hydrogens is 198 g/mol. The molecule has 0 aromatic carbocycles. The van der Waals surface area contributed by atoms with E-state index in [0.717, 1.165) is 12.1 Å². The van der Waals surface area contributed by atoms with Gasteiger partial charge < -0.3 is 4.90 Å². The van der Waals surface area contributed by atoms with Crippen LogP contribution in [0.4, 0.5) is 0 Å². The SMILES string of the molecule is Cn1cc(CN2CC(S)CC2=O)cn1. The van der Waals surface area contributed by atoms with E-state index < -0.39 is 0 Å². The molecule has 0 radical (unpaired) electrons. The molecule has 0 N–H and O–H groups in total. The summed E-state index contributed by atoms with van der Waals surface area (Å²) in [6, 6.07) is 0. The predicted octanol–water partition coefficient (Wildman–Crippen LogP) is 0.451. The van der Waals surface area contributed by atoms with Crippen molar-refractivity contribution in [2.45, 2.75) is 18.2 Å². The van der Waals surface area contributed by atoms with Crippen molar-refractivity contribution in [3.05, 3.63) is 18.0 Å². The topological polar surface area (TPSA) is 38.1 Å². The van der Waals surface area contributed by atoms with Crippen LogP contribution in [0.1, 0.15) is 12.0 Å². The van der Waals surface area contributed by atoms with Gasteiger partial charge in [-0.2, -0.15) is 17.7 Å². The second kappa shape index (κ2) is 3.65. The van der Waals surface area contributed by atoms with Crippen LogP contribution in [0.25, 0.3) is 0 Å². The maximum atomic E-state index is 11.4. The van der Waals surface area contributed by atoms with Crippen LogP contribution in [0.2, 0.25) is 0 Å². The third-order valence-electron chi connectivity index (χ3n) is 2.33. The maximum Gasteiger partial charge on any atom is 0.224 e. The molecule has 0 saturated carbocycles.